The van der Waals surface area contributed by atoms with Gasteiger partial charge in [-0.05, 0) is 68.1 Å². The molecule has 2 heterocycles. The minimum Gasteiger partial charge on any atom is -0.368 e. The molecule has 2 aromatic rings. The van der Waals surface area contributed by atoms with Crippen molar-refractivity contribution in [1.29, 1.82) is 0 Å². The van der Waals surface area contributed by atoms with Gasteiger partial charge in [-0.2, -0.15) is 0 Å². The lowest BCUT2D eigenvalue weighted by Crippen LogP contribution is -2.52. The van der Waals surface area contributed by atoms with Gasteiger partial charge in [-0.1, -0.05) is 30.3 Å². The second kappa shape index (κ2) is 9.40. The molecule has 2 fully saturated rings. The van der Waals surface area contributed by atoms with Crippen LogP contribution in [0.1, 0.15) is 18.4 Å². The maximum atomic E-state index is 13.1. The summed E-state index contributed by atoms with van der Waals surface area (Å²) in [6.07, 6.45) is 3.48. The molecule has 4 rings (SSSR count). The fraction of sp³-hybridized carbons (Fsp3) is 0.458. The topological polar surface area (TPSA) is 26.8 Å². The first kappa shape index (κ1) is 19.9. The molecule has 0 radical (unpaired) electrons. The van der Waals surface area contributed by atoms with Crippen molar-refractivity contribution in [2.45, 2.75) is 19.3 Å². The minimum atomic E-state index is -0.213. The molecule has 2 aliphatic heterocycles. The number of anilines is 1. The first-order valence-corrected chi connectivity index (χ1v) is 10.7. The van der Waals surface area contributed by atoms with Crippen molar-refractivity contribution in [3.8, 4) is 0 Å². The molecule has 0 aliphatic carbocycles. The van der Waals surface area contributed by atoms with Crippen molar-refractivity contribution in [1.82, 2.24) is 9.80 Å². The van der Waals surface area contributed by atoms with Crippen LogP contribution in [0, 0.1) is 11.7 Å². The zero-order valence-electron chi connectivity index (χ0n) is 17.0. The number of rotatable bonds is 5. The predicted octanol–water partition coefficient (Wildman–Crippen LogP) is 3.43. The molecule has 0 spiro atoms. The lowest BCUT2D eigenvalue weighted by molar-refractivity contribution is -0.133. The van der Waals surface area contributed by atoms with Crippen molar-refractivity contribution in [3.05, 3.63) is 66.0 Å². The summed E-state index contributed by atoms with van der Waals surface area (Å²) in [5.41, 5.74) is 2.44. The van der Waals surface area contributed by atoms with Crippen LogP contribution >= 0.6 is 0 Å². The highest BCUT2D eigenvalue weighted by Crippen LogP contribution is 2.22. The maximum absolute atomic E-state index is 13.1. The van der Waals surface area contributed by atoms with Gasteiger partial charge in [0, 0.05) is 31.9 Å². The van der Waals surface area contributed by atoms with E-state index >= 15 is 0 Å². The van der Waals surface area contributed by atoms with E-state index < -0.39 is 0 Å². The third-order valence-electron chi connectivity index (χ3n) is 6.26. The first-order valence-electron chi connectivity index (χ1n) is 10.7. The number of carbonyl (C=O) groups excluding carboxylic acids is 1. The molecule has 29 heavy (non-hydrogen) atoms. The lowest BCUT2D eigenvalue weighted by atomic mass is 9.90. The highest BCUT2D eigenvalue weighted by Gasteiger charge is 2.25. The van der Waals surface area contributed by atoms with E-state index in [0.717, 1.165) is 57.3 Å². The lowest BCUT2D eigenvalue weighted by Gasteiger charge is -2.38. The second-order valence-electron chi connectivity index (χ2n) is 8.25. The van der Waals surface area contributed by atoms with E-state index in [9.17, 15) is 9.18 Å². The zero-order chi connectivity index (χ0) is 20.1. The van der Waals surface area contributed by atoms with Gasteiger partial charge in [0.15, 0.2) is 0 Å². The molecule has 0 unspecified atom stereocenters. The number of hydrogen-bond donors (Lipinski definition) is 0. The molecule has 0 saturated carbocycles. The van der Waals surface area contributed by atoms with Crippen molar-refractivity contribution in [3.63, 3.8) is 0 Å². The summed E-state index contributed by atoms with van der Waals surface area (Å²) in [5.74, 6) is 0.753. The Morgan fingerprint density at radius 2 is 1.52 bits per heavy atom. The third kappa shape index (κ3) is 5.36. The Kier molecular flexibility index (Phi) is 6.45. The summed E-state index contributed by atoms with van der Waals surface area (Å²) in [4.78, 5) is 19.3. The second-order valence-corrected chi connectivity index (χ2v) is 8.25. The van der Waals surface area contributed by atoms with E-state index in [1.54, 1.807) is 0 Å². The summed E-state index contributed by atoms with van der Waals surface area (Å²) in [7, 11) is 0. The molecular formula is C24H30FN3O. The number of nitrogens with zero attached hydrogens (tertiary/aromatic N) is 3. The Labute approximate surface area is 172 Å². The molecule has 0 atom stereocenters. The number of piperidine rings is 1. The van der Waals surface area contributed by atoms with Gasteiger partial charge >= 0.3 is 0 Å². The van der Waals surface area contributed by atoms with Crippen molar-refractivity contribution in [2.24, 2.45) is 5.92 Å². The summed E-state index contributed by atoms with van der Waals surface area (Å²) in [5, 5.41) is 0. The Morgan fingerprint density at radius 1 is 0.862 bits per heavy atom. The number of piperazine rings is 1. The Morgan fingerprint density at radius 3 is 2.17 bits per heavy atom. The van der Waals surface area contributed by atoms with Gasteiger partial charge < -0.3 is 9.80 Å². The molecule has 2 aromatic carbocycles. The largest absolute Gasteiger partial charge is 0.368 e. The van der Waals surface area contributed by atoms with Crippen LogP contribution in [0.25, 0.3) is 0 Å². The molecule has 1 amide bonds. The first-order chi connectivity index (χ1) is 14.2. The maximum Gasteiger partial charge on any atom is 0.236 e. The van der Waals surface area contributed by atoms with Crippen LogP contribution in [0.15, 0.2) is 54.6 Å². The number of halogens is 1. The standard InChI is InChI=1S/C24H30FN3O/c25-22-6-8-23(9-7-22)27-14-16-28(17-15-27)24(29)19-26-12-10-21(11-13-26)18-20-4-2-1-3-5-20/h1-9,21H,10-19H2. The van der Waals surface area contributed by atoms with E-state index in [4.69, 9.17) is 0 Å². The van der Waals surface area contributed by atoms with Gasteiger partial charge in [-0.25, -0.2) is 4.39 Å². The van der Waals surface area contributed by atoms with Gasteiger partial charge in [0.05, 0.1) is 6.54 Å². The van der Waals surface area contributed by atoms with Crippen LogP contribution in [-0.2, 0) is 11.2 Å². The quantitative estimate of drug-likeness (QED) is 0.776. The fourth-order valence-corrected chi connectivity index (χ4v) is 4.45. The average molecular weight is 396 g/mol. The van der Waals surface area contributed by atoms with E-state index in [1.807, 2.05) is 17.0 Å². The van der Waals surface area contributed by atoms with E-state index in [2.05, 4.69) is 40.1 Å². The summed E-state index contributed by atoms with van der Waals surface area (Å²) < 4.78 is 13.1. The fourth-order valence-electron chi connectivity index (χ4n) is 4.45. The van der Waals surface area contributed by atoms with Crippen molar-refractivity contribution >= 4 is 11.6 Å². The van der Waals surface area contributed by atoms with Crippen LogP contribution < -0.4 is 4.90 Å². The Hall–Kier alpha value is -2.40. The Balaban J connectivity index is 1.19. The van der Waals surface area contributed by atoms with Crippen LogP contribution in [0.4, 0.5) is 10.1 Å². The smallest absolute Gasteiger partial charge is 0.236 e. The zero-order valence-corrected chi connectivity index (χ0v) is 17.0. The minimum absolute atomic E-state index is 0.213. The SMILES string of the molecule is O=C(CN1CCC(Cc2ccccc2)CC1)N1CCN(c2ccc(F)cc2)CC1. The van der Waals surface area contributed by atoms with Gasteiger partial charge in [-0.15, -0.1) is 0 Å². The number of hydrogen-bond acceptors (Lipinski definition) is 3. The number of likely N-dealkylation sites (tertiary alicyclic amines) is 1. The number of carbonyl (C=O) groups is 1. The van der Waals surface area contributed by atoms with E-state index in [0.29, 0.717) is 6.54 Å². The van der Waals surface area contributed by atoms with Crippen molar-refractivity contribution < 1.29 is 9.18 Å². The molecule has 154 valence electrons. The summed E-state index contributed by atoms with van der Waals surface area (Å²) in [6, 6.07) is 17.3. The summed E-state index contributed by atoms with van der Waals surface area (Å²) in [6.45, 7) is 5.64. The van der Waals surface area contributed by atoms with Gasteiger partial charge in [-0.3, -0.25) is 9.69 Å². The van der Waals surface area contributed by atoms with Gasteiger partial charge in [0.2, 0.25) is 5.91 Å². The number of benzene rings is 2. The van der Waals surface area contributed by atoms with E-state index in [1.165, 1.54) is 30.5 Å². The molecule has 0 bridgehead atoms. The average Bonchev–Trinajstić information content (AvgIpc) is 2.76. The summed E-state index contributed by atoms with van der Waals surface area (Å²) >= 11 is 0. The highest BCUT2D eigenvalue weighted by atomic mass is 19.1. The molecule has 2 aliphatic rings. The van der Waals surface area contributed by atoms with Crippen molar-refractivity contribution in [2.75, 3.05) is 50.7 Å². The Bertz CT molecular complexity index is 780. The predicted molar refractivity (Wildman–Crippen MR) is 115 cm³/mol. The van der Waals surface area contributed by atoms with Gasteiger partial charge in [0.25, 0.3) is 0 Å². The van der Waals surface area contributed by atoms with Crippen LogP contribution in [0.5, 0.6) is 0 Å². The van der Waals surface area contributed by atoms with E-state index in [-0.39, 0.29) is 11.7 Å². The number of amides is 1. The van der Waals surface area contributed by atoms with Gasteiger partial charge in [0.1, 0.15) is 5.82 Å². The molecular weight excluding hydrogens is 365 g/mol. The molecule has 0 aromatic heterocycles. The normalized spacial score (nSPS) is 18.8. The van der Waals surface area contributed by atoms with Crippen LogP contribution in [0.2, 0.25) is 0 Å². The monoisotopic (exact) mass is 395 g/mol. The molecule has 2 saturated heterocycles. The highest BCUT2D eigenvalue weighted by molar-refractivity contribution is 5.78. The van der Waals surface area contributed by atoms with Crippen LogP contribution in [-0.4, -0.2) is 61.5 Å². The molecule has 4 nitrogen and oxygen atoms in total. The third-order valence-corrected chi connectivity index (χ3v) is 6.26. The molecule has 5 heteroatoms. The molecule has 0 N–H and O–H groups in total. The van der Waals surface area contributed by atoms with Crippen LogP contribution in [0.3, 0.4) is 0 Å².